The fraction of sp³-hybridized carbons (Fsp3) is 1.00. The molecule has 0 N–H and O–H groups in total. The van der Waals surface area contributed by atoms with Crippen LogP contribution in [0.3, 0.4) is 0 Å². The molecule has 2 unspecified atom stereocenters. The second-order valence-electron chi connectivity index (χ2n) is 1.47. The molecule has 0 rings (SSSR count). The standard InChI is InChI=1S/C3H6O6P2/c4-10(5)8-2-1-3-9-11(6)7/h1-3H2. The van der Waals surface area contributed by atoms with Crippen molar-refractivity contribution in [2.75, 3.05) is 13.2 Å². The van der Waals surface area contributed by atoms with Gasteiger partial charge in [-0.05, 0) is 9.13 Å². The second kappa shape index (κ2) is 6.73. The Bertz CT molecular complexity index is 131. The highest BCUT2D eigenvalue weighted by Crippen LogP contribution is 2.11. The Balaban J connectivity index is 3.03. The van der Waals surface area contributed by atoms with Gasteiger partial charge in [-0.25, -0.2) is 0 Å². The monoisotopic (exact) mass is 200 g/mol. The van der Waals surface area contributed by atoms with Crippen LogP contribution in [0.5, 0.6) is 0 Å². The van der Waals surface area contributed by atoms with Gasteiger partial charge in [0.1, 0.15) is 13.2 Å². The van der Waals surface area contributed by atoms with E-state index in [1.807, 2.05) is 0 Å². The summed E-state index contributed by atoms with van der Waals surface area (Å²) in [5.74, 6) is 0. The van der Waals surface area contributed by atoms with Crippen LogP contribution in [0.1, 0.15) is 6.42 Å². The maximum atomic E-state index is 9.75. The second-order valence-corrected chi connectivity index (χ2v) is 2.88. The van der Waals surface area contributed by atoms with E-state index in [4.69, 9.17) is 0 Å². The van der Waals surface area contributed by atoms with Crippen molar-refractivity contribution >= 4 is 16.5 Å². The van der Waals surface area contributed by atoms with E-state index in [0.29, 0.717) is 0 Å². The molecule has 0 radical (unpaired) electrons. The summed E-state index contributed by atoms with van der Waals surface area (Å²) >= 11 is 0. The van der Waals surface area contributed by atoms with Gasteiger partial charge in [-0.2, -0.15) is 0 Å². The van der Waals surface area contributed by atoms with Crippen molar-refractivity contribution in [3.05, 3.63) is 0 Å². The number of hydrogen-bond donors (Lipinski definition) is 0. The predicted octanol–water partition coefficient (Wildman–Crippen LogP) is -0.555. The third-order valence-electron chi connectivity index (χ3n) is 0.682. The summed E-state index contributed by atoms with van der Waals surface area (Å²) in [5.41, 5.74) is 0. The van der Waals surface area contributed by atoms with Crippen LogP contribution in [0.2, 0.25) is 0 Å². The Morgan fingerprint density at radius 2 is 1.36 bits per heavy atom. The summed E-state index contributed by atoms with van der Waals surface area (Å²) in [6, 6.07) is 0. The topological polar surface area (TPSA) is 98.7 Å². The van der Waals surface area contributed by atoms with Gasteiger partial charge in [-0.1, -0.05) is 0 Å². The molecule has 0 aliphatic heterocycles. The highest BCUT2D eigenvalue weighted by Gasteiger charge is 2.03. The van der Waals surface area contributed by atoms with Gasteiger partial charge in [0, 0.05) is 6.42 Å². The molecule has 2 atom stereocenters. The lowest BCUT2D eigenvalue weighted by molar-refractivity contribution is -0.186. The lowest BCUT2D eigenvalue weighted by Gasteiger charge is -1.91. The van der Waals surface area contributed by atoms with Crippen molar-refractivity contribution in [2.24, 2.45) is 0 Å². The summed E-state index contributed by atoms with van der Waals surface area (Å²) < 4.78 is 27.7. The molecule has 0 saturated heterocycles. The molecule has 11 heavy (non-hydrogen) atoms. The van der Waals surface area contributed by atoms with Gasteiger partial charge in [0.05, 0.1) is 0 Å². The molecule has 0 spiro atoms. The molecule has 0 aliphatic carbocycles. The first-order chi connectivity index (χ1) is 5.13. The Kier molecular flexibility index (Phi) is 6.76. The number of hydrogen-bond acceptors (Lipinski definition) is 6. The first-order valence-electron chi connectivity index (χ1n) is 2.67. The van der Waals surface area contributed by atoms with Gasteiger partial charge in [-0.15, -0.1) is 9.05 Å². The third kappa shape index (κ3) is 10.0. The van der Waals surface area contributed by atoms with Crippen LogP contribution in [0.4, 0.5) is 0 Å². The van der Waals surface area contributed by atoms with Crippen molar-refractivity contribution < 1.29 is 28.0 Å². The van der Waals surface area contributed by atoms with E-state index in [0.717, 1.165) is 0 Å². The summed E-state index contributed by atoms with van der Waals surface area (Å²) in [6.45, 7) is -0.107. The van der Waals surface area contributed by atoms with E-state index in [9.17, 15) is 18.9 Å². The van der Waals surface area contributed by atoms with E-state index in [1.54, 1.807) is 0 Å². The van der Waals surface area contributed by atoms with Gasteiger partial charge >= 0.3 is 16.5 Å². The fourth-order valence-electron chi connectivity index (χ4n) is 0.337. The quantitative estimate of drug-likeness (QED) is 0.421. The summed E-state index contributed by atoms with van der Waals surface area (Å²) in [4.78, 5) is 19.5. The molecule has 6 nitrogen and oxygen atoms in total. The Labute approximate surface area is 65.0 Å². The molecule has 0 bridgehead atoms. The van der Waals surface area contributed by atoms with Gasteiger partial charge in [0.25, 0.3) is 0 Å². The summed E-state index contributed by atoms with van der Waals surface area (Å²) in [7, 11) is -5.68. The lowest BCUT2D eigenvalue weighted by Crippen LogP contribution is -1.99. The maximum absolute atomic E-state index is 9.75. The normalized spacial score (nSPS) is 12.9. The maximum Gasteiger partial charge on any atom is 0.488 e. The predicted molar refractivity (Wildman–Crippen MR) is 31.7 cm³/mol. The van der Waals surface area contributed by atoms with Crippen molar-refractivity contribution in [3.63, 3.8) is 0 Å². The van der Waals surface area contributed by atoms with Crippen LogP contribution in [0, 0.1) is 0 Å². The molecular formula is C3H6O6P2. The zero-order valence-corrected chi connectivity index (χ0v) is 7.25. The highest BCUT2D eigenvalue weighted by molar-refractivity contribution is 7.30. The van der Waals surface area contributed by atoms with E-state index in [2.05, 4.69) is 9.05 Å². The molecule has 0 aromatic rings. The van der Waals surface area contributed by atoms with E-state index < -0.39 is 16.5 Å². The molecule has 0 saturated carbocycles. The molecule has 0 aromatic carbocycles. The van der Waals surface area contributed by atoms with Crippen LogP contribution in [0.25, 0.3) is 0 Å². The van der Waals surface area contributed by atoms with E-state index in [-0.39, 0.29) is 19.6 Å². The van der Waals surface area contributed by atoms with Gasteiger partial charge in [0.2, 0.25) is 0 Å². The molecule has 0 heterocycles. The van der Waals surface area contributed by atoms with Gasteiger partial charge in [-0.3, -0.25) is 0 Å². The number of rotatable bonds is 6. The Hall–Kier alpha value is 0.0400. The molecule has 0 aliphatic rings. The average molecular weight is 200 g/mol. The summed E-state index contributed by atoms with van der Waals surface area (Å²) in [6.07, 6.45) is 0.229. The van der Waals surface area contributed by atoms with Gasteiger partial charge < -0.3 is 9.79 Å². The first-order valence-corrected chi connectivity index (χ1v) is 4.86. The van der Waals surface area contributed by atoms with Crippen molar-refractivity contribution in [1.29, 1.82) is 0 Å². The molecule has 64 valence electrons. The molecule has 0 fully saturated rings. The van der Waals surface area contributed by atoms with E-state index >= 15 is 0 Å². The molecule has 0 amide bonds. The van der Waals surface area contributed by atoms with Crippen molar-refractivity contribution in [2.45, 2.75) is 6.42 Å². The summed E-state index contributed by atoms with van der Waals surface area (Å²) in [5, 5.41) is 0. The van der Waals surface area contributed by atoms with Crippen molar-refractivity contribution in [1.82, 2.24) is 0 Å². The highest BCUT2D eigenvalue weighted by atomic mass is 31.1. The Morgan fingerprint density at radius 1 is 1.00 bits per heavy atom. The Morgan fingerprint density at radius 3 is 1.64 bits per heavy atom. The molecule has 8 heteroatoms. The third-order valence-corrected chi connectivity index (χ3v) is 1.47. The van der Waals surface area contributed by atoms with E-state index in [1.165, 1.54) is 0 Å². The minimum absolute atomic E-state index is 0.0537. The van der Waals surface area contributed by atoms with Crippen LogP contribution in [-0.2, 0) is 18.2 Å². The van der Waals surface area contributed by atoms with Crippen LogP contribution < -0.4 is 9.79 Å². The minimum atomic E-state index is -2.84. The largest absolute Gasteiger partial charge is 0.566 e. The van der Waals surface area contributed by atoms with Crippen LogP contribution >= 0.6 is 16.5 Å². The molecule has 0 aromatic heterocycles. The van der Waals surface area contributed by atoms with Crippen LogP contribution in [0.15, 0.2) is 0 Å². The smallest absolute Gasteiger partial charge is 0.488 e. The molecular weight excluding hydrogens is 194 g/mol. The van der Waals surface area contributed by atoms with Crippen molar-refractivity contribution in [3.8, 4) is 0 Å². The lowest BCUT2D eigenvalue weighted by atomic mass is 10.5. The minimum Gasteiger partial charge on any atom is -0.566 e. The SMILES string of the molecule is O=[P+]([O-])OCCCO[P+](=O)[O-]. The average Bonchev–Trinajstić information content (AvgIpc) is 1.85. The fourth-order valence-corrected chi connectivity index (χ4v) is 0.893. The first kappa shape index (κ1) is 11.0. The van der Waals surface area contributed by atoms with Crippen LogP contribution in [-0.4, -0.2) is 13.2 Å². The zero-order chi connectivity index (χ0) is 8.69. The van der Waals surface area contributed by atoms with Gasteiger partial charge in [0.15, 0.2) is 0 Å². The zero-order valence-electron chi connectivity index (χ0n) is 5.47.